The highest BCUT2D eigenvalue weighted by Gasteiger charge is 2.21. The minimum Gasteiger partial charge on any atom is -0.317 e. The Labute approximate surface area is 100.0 Å². The molecule has 2 heterocycles. The van der Waals surface area contributed by atoms with E-state index in [4.69, 9.17) is 0 Å². The predicted molar refractivity (Wildman–Crippen MR) is 68.8 cm³/mol. The highest BCUT2D eigenvalue weighted by Crippen LogP contribution is 2.13. The van der Waals surface area contributed by atoms with Crippen LogP contribution in [-0.2, 0) is 0 Å². The fraction of sp³-hybridized carbons (Fsp3) is 1.00. The fourth-order valence-electron chi connectivity index (χ4n) is 2.96. The molecular formula is C13H27N3. The van der Waals surface area contributed by atoms with Crippen LogP contribution in [0, 0.1) is 0 Å². The lowest BCUT2D eigenvalue weighted by molar-refractivity contribution is 0.185. The van der Waals surface area contributed by atoms with Gasteiger partial charge in [0.15, 0.2) is 0 Å². The van der Waals surface area contributed by atoms with Crippen molar-refractivity contribution in [3.8, 4) is 0 Å². The van der Waals surface area contributed by atoms with Gasteiger partial charge in [-0.3, -0.25) is 0 Å². The molecular weight excluding hydrogens is 198 g/mol. The van der Waals surface area contributed by atoms with Crippen molar-refractivity contribution in [1.29, 1.82) is 0 Å². The number of piperidine rings is 2. The molecule has 2 aliphatic heterocycles. The zero-order valence-corrected chi connectivity index (χ0v) is 10.7. The van der Waals surface area contributed by atoms with Gasteiger partial charge in [-0.25, -0.2) is 0 Å². The summed E-state index contributed by atoms with van der Waals surface area (Å²) in [5.74, 6) is 0. The zero-order valence-electron chi connectivity index (χ0n) is 10.7. The molecule has 16 heavy (non-hydrogen) atoms. The van der Waals surface area contributed by atoms with Crippen molar-refractivity contribution >= 4 is 0 Å². The molecule has 2 fully saturated rings. The number of rotatable bonds is 4. The third-order valence-electron chi connectivity index (χ3n) is 3.94. The zero-order chi connectivity index (χ0) is 11.2. The normalized spacial score (nSPS) is 26.1. The van der Waals surface area contributed by atoms with E-state index in [2.05, 4.69) is 22.5 Å². The summed E-state index contributed by atoms with van der Waals surface area (Å²) in [6, 6.07) is 1.57. The Morgan fingerprint density at radius 3 is 2.31 bits per heavy atom. The Balaban J connectivity index is 1.64. The Morgan fingerprint density at radius 2 is 1.69 bits per heavy atom. The summed E-state index contributed by atoms with van der Waals surface area (Å²) in [6.07, 6.45) is 6.63. The average molecular weight is 225 g/mol. The van der Waals surface area contributed by atoms with Crippen molar-refractivity contribution in [2.75, 3.05) is 32.7 Å². The maximum absolute atomic E-state index is 3.85. The van der Waals surface area contributed by atoms with E-state index in [-0.39, 0.29) is 0 Å². The molecule has 94 valence electrons. The van der Waals surface area contributed by atoms with Gasteiger partial charge in [0.25, 0.3) is 0 Å². The number of nitrogens with one attached hydrogen (secondary N) is 2. The van der Waals surface area contributed by atoms with E-state index in [9.17, 15) is 0 Å². The molecule has 0 radical (unpaired) electrons. The maximum Gasteiger partial charge on any atom is 0.00940 e. The van der Waals surface area contributed by atoms with Crippen LogP contribution in [0.1, 0.15) is 39.0 Å². The maximum atomic E-state index is 3.85. The largest absolute Gasteiger partial charge is 0.317 e. The summed E-state index contributed by atoms with van der Waals surface area (Å²) in [4.78, 5) is 2.61. The van der Waals surface area contributed by atoms with Crippen molar-refractivity contribution in [3.05, 3.63) is 0 Å². The Hall–Kier alpha value is -0.120. The first-order valence-corrected chi connectivity index (χ1v) is 7.07. The van der Waals surface area contributed by atoms with Gasteiger partial charge in [-0.1, -0.05) is 6.92 Å². The molecule has 0 saturated carbocycles. The number of nitrogens with zero attached hydrogens (tertiary/aromatic N) is 1. The van der Waals surface area contributed by atoms with Crippen molar-refractivity contribution in [3.63, 3.8) is 0 Å². The molecule has 0 aromatic carbocycles. The second-order valence-electron chi connectivity index (χ2n) is 5.31. The monoisotopic (exact) mass is 225 g/mol. The number of hydrogen-bond acceptors (Lipinski definition) is 3. The van der Waals surface area contributed by atoms with Gasteiger partial charge < -0.3 is 15.5 Å². The molecule has 3 heteroatoms. The Kier molecular flexibility index (Phi) is 5.07. The summed E-state index contributed by atoms with van der Waals surface area (Å²) < 4.78 is 0. The summed E-state index contributed by atoms with van der Waals surface area (Å²) in [7, 11) is 0. The molecule has 0 amide bonds. The summed E-state index contributed by atoms with van der Waals surface area (Å²) in [5, 5.41) is 7.28. The topological polar surface area (TPSA) is 27.3 Å². The van der Waals surface area contributed by atoms with Gasteiger partial charge in [0.2, 0.25) is 0 Å². The quantitative estimate of drug-likeness (QED) is 0.753. The SMILES string of the molecule is CCCN1CCC(NC2CCNCC2)CC1. The predicted octanol–water partition coefficient (Wildman–Crippen LogP) is 1.20. The molecule has 0 aliphatic carbocycles. The van der Waals surface area contributed by atoms with Crippen LogP contribution in [0.3, 0.4) is 0 Å². The van der Waals surface area contributed by atoms with Gasteiger partial charge in [0.05, 0.1) is 0 Å². The van der Waals surface area contributed by atoms with Crippen LogP contribution in [0.2, 0.25) is 0 Å². The first-order valence-electron chi connectivity index (χ1n) is 7.07. The minimum atomic E-state index is 0.781. The lowest BCUT2D eigenvalue weighted by atomic mass is 10.0. The Bertz CT molecular complexity index is 182. The van der Waals surface area contributed by atoms with Crippen molar-refractivity contribution in [2.45, 2.75) is 51.1 Å². The second-order valence-corrected chi connectivity index (χ2v) is 5.31. The smallest absolute Gasteiger partial charge is 0.00940 e. The van der Waals surface area contributed by atoms with Gasteiger partial charge >= 0.3 is 0 Å². The van der Waals surface area contributed by atoms with E-state index >= 15 is 0 Å². The molecule has 0 aromatic rings. The molecule has 0 spiro atoms. The van der Waals surface area contributed by atoms with Crippen LogP contribution in [0.25, 0.3) is 0 Å². The first kappa shape index (κ1) is 12.3. The molecule has 2 saturated heterocycles. The van der Waals surface area contributed by atoms with Gasteiger partial charge in [0, 0.05) is 12.1 Å². The van der Waals surface area contributed by atoms with E-state index in [0.717, 1.165) is 12.1 Å². The molecule has 0 atom stereocenters. The fourth-order valence-corrected chi connectivity index (χ4v) is 2.96. The number of likely N-dealkylation sites (tertiary alicyclic amines) is 1. The van der Waals surface area contributed by atoms with E-state index in [1.54, 1.807) is 0 Å². The van der Waals surface area contributed by atoms with Crippen LogP contribution < -0.4 is 10.6 Å². The van der Waals surface area contributed by atoms with Gasteiger partial charge in [-0.05, 0) is 64.8 Å². The molecule has 0 aromatic heterocycles. The van der Waals surface area contributed by atoms with Crippen LogP contribution >= 0.6 is 0 Å². The molecule has 0 unspecified atom stereocenters. The van der Waals surface area contributed by atoms with Gasteiger partial charge in [-0.2, -0.15) is 0 Å². The molecule has 2 N–H and O–H groups in total. The van der Waals surface area contributed by atoms with Crippen LogP contribution in [0.5, 0.6) is 0 Å². The van der Waals surface area contributed by atoms with E-state index in [1.807, 2.05) is 0 Å². The highest BCUT2D eigenvalue weighted by molar-refractivity contribution is 4.82. The van der Waals surface area contributed by atoms with Gasteiger partial charge in [-0.15, -0.1) is 0 Å². The van der Waals surface area contributed by atoms with E-state index < -0.39 is 0 Å². The minimum absolute atomic E-state index is 0.781. The van der Waals surface area contributed by atoms with Crippen LogP contribution in [0.15, 0.2) is 0 Å². The molecule has 3 nitrogen and oxygen atoms in total. The lowest BCUT2D eigenvalue weighted by Gasteiger charge is -2.35. The molecule has 0 bridgehead atoms. The Morgan fingerprint density at radius 1 is 1.06 bits per heavy atom. The van der Waals surface area contributed by atoms with Crippen LogP contribution in [0.4, 0.5) is 0 Å². The third-order valence-corrected chi connectivity index (χ3v) is 3.94. The first-order chi connectivity index (χ1) is 7.88. The van der Waals surface area contributed by atoms with E-state index in [1.165, 1.54) is 64.8 Å². The molecule has 2 rings (SSSR count). The van der Waals surface area contributed by atoms with Gasteiger partial charge in [0.1, 0.15) is 0 Å². The van der Waals surface area contributed by atoms with E-state index in [0.29, 0.717) is 0 Å². The van der Waals surface area contributed by atoms with Crippen molar-refractivity contribution < 1.29 is 0 Å². The summed E-state index contributed by atoms with van der Waals surface area (Å²) >= 11 is 0. The lowest BCUT2D eigenvalue weighted by Crippen LogP contribution is -2.49. The average Bonchev–Trinajstić information content (AvgIpc) is 2.33. The standard InChI is InChI=1S/C13H27N3/c1-2-9-16-10-5-13(6-11-16)15-12-3-7-14-8-4-12/h12-15H,2-11H2,1H3. The highest BCUT2D eigenvalue weighted by atomic mass is 15.1. The van der Waals surface area contributed by atoms with Crippen LogP contribution in [-0.4, -0.2) is 49.7 Å². The third kappa shape index (κ3) is 3.72. The second kappa shape index (κ2) is 6.58. The van der Waals surface area contributed by atoms with Crippen molar-refractivity contribution in [1.82, 2.24) is 15.5 Å². The van der Waals surface area contributed by atoms with Crippen molar-refractivity contribution in [2.24, 2.45) is 0 Å². The summed E-state index contributed by atoms with van der Waals surface area (Å²) in [6.45, 7) is 8.57. The summed E-state index contributed by atoms with van der Waals surface area (Å²) in [5.41, 5.74) is 0. The number of hydrogen-bond donors (Lipinski definition) is 2. The molecule has 2 aliphatic rings.